The van der Waals surface area contributed by atoms with Crippen LogP contribution < -0.4 is 15.0 Å². The van der Waals surface area contributed by atoms with Crippen LogP contribution in [0.15, 0.2) is 85.5 Å². The molecule has 5 rings (SSSR count). The molecule has 0 unspecified atom stereocenters. The minimum atomic E-state index is -0.848. The Hall–Kier alpha value is -4.44. The van der Waals surface area contributed by atoms with Crippen LogP contribution in [-0.2, 0) is 9.53 Å². The number of ether oxygens (including phenoxy) is 3. The molecule has 0 fully saturated rings. The van der Waals surface area contributed by atoms with Crippen molar-refractivity contribution in [2.24, 2.45) is 5.10 Å². The van der Waals surface area contributed by atoms with E-state index in [1.165, 1.54) is 18.0 Å². The van der Waals surface area contributed by atoms with Crippen LogP contribution in [0.2, 0.25) is 0 Å². The van der Waals surface area contributed by atoms with Crippen LogP contribution in [0.25, 0.3) is 33.5 Å². The van der Waals surface area contributed by atoms with Gasteiger partial charge in [-0.15, -0.1) is 0 Å². The molecule has 0 saturated carbocycles. The van der Waals surface area contributed by atoms with Gasteiger partial charge in [0.15, 0.2) is 23.4 Å². The second-order valence-corrected chi connectivity index (χ2v) is 9.36. The van der Waals surface area contributed by atoms with Crippen LogP contribution in [0.1, 0.15) is 19.4 Å². The summed E-state index contributed by atoms with van der Waals surface area (Å²) in [4.78, 5) is 30.1. The van der Waals surface area contributed by atoms with Crippen molar-refractivity contribution in [2.75, 3.05) is 13.7 Å². The average molecular weight is 590 g/mol. The summed E-state index contributed by atoms with van der Waals surface area (Å²) in [7, 11) is 1.30. The first-order valence-corrected chi connectivity index (χ1v) is 12.9. The van der Waals surface area contributed by atoms with Crippen LogP contribution in [-0.4, -0.2) is 41.7 Å². The predicted octanol–water partition coefficient (Wildman–Crippen LogP) is 5.79. The first-order chi connectivity index (χ1) is 18.9. The third-order valence-electron chi connectivity index (χ3n) is 5.88. The summed E-state index contributed by atoms with van der Waals surface area (Å²) in [5.74, 6) is 0.899. The van der Waals surface area contributed by atoms with E-state index in [9.17, 15) is 9.59 Å². The van der Waals surface area contributed by atoms with Crippen molar-refractivity contribution < 1.29 is 23.4 Å². The Morgan fingerprint density at radius 1 is 1.15 bits per heavy atom. The highest BCUT2D eigenvalue weighted by atomic mass is 79.9. The minimum Gasteiger partial charge on any atom is -0.490 e. The van der Waals surface area contributed by atoms with E-state index in [2.05, 4.69) is 21.0 Å². The quantitative estimate of drug-likeness (QED) is 0.166. The lowest BCUT2D eigenvalue weighted by Crippen LogP contribution is -2.25. The molecule has 198 valence electrons. The lowest BCUT2D eigenvalue weighted by atomic mass is 10.2. The molecule has 0 saturated heterocycles. The standard InChI is InChI=1S/C29H24BrN3O6/c1-4-37-24-14-18(13-21(30)26(24)38-17(2)29(35)36-3)16-31-33-27(25-15-19-9-5-8-12-23(19)39-25)32-22-11-7-6-10-20(22)28(33)34/h5-17H,4H2,1-3H3/t17-/m0/s1. The van der Waals surface area contributed by atoms with Crippen molar-refractivity contribution in [2.45, 2.75) is 20.0 Å². The maximum atomic E-state index is 13.5. The van der Waals surface area contributed by atoms with Crippen molar-refractivity contribution in [1.29, 1.82) is 0 Å². The van der Waals surface area contributed by atoms with E-state index in [0.29, 0.717) is 50.4 Å². The molecule has 0 radical (unpaired) electrons. The van der Waals surface area contributed by atoms with Gasteiger partial charge in [0.1, 0.15) is 5.58 Å². The van der Waals surface area contributed by atoms with Gasteiger partial charge in [-0.05, 0) is 71.7 Å². The molecule has 10 heteroatoms. The molecule has 0 aliphatic carbocycles. The molecule has 0 N–H and O–H groups in total. The fourth-order valence-electron chi connectivity index (χ4n) is 4.04. The summed E-state index contributed by atoms with van der Waals surface area (Å²) in [6, 6.07) is 19.9. The highest BCUT2D eigenvalue weighted by Crippen LogP contribution is 2.37. The van der Waals surface area contributed by atoms with Gasteiger partial charge >= 0.3 is 5.97 Å². The van der Waals surface area contributed by atoms with E-state index in [-0.39, 0.29) is 11.4 Å². The molecule has 1 atom stereocenters. The fourth-order valence-corrected chi connectivity index (χ4v) is 4.59. The summed E-state index contributed by atoms with van der Waals surface area (Å²) in [6.07, 6.45) is 0.670. The highest BCUT2D eigenvalue weighted by molar-refractivity contribution is 9.10. The normalized spacial score (nSPS) is 12.2. The van der Waals surface area contributed by atoms with Crippen molar-refractivity contribution in [3.8, 4) is 23.1 Å². The molecule has 0 aliphatic rings. The van der Waals surface area contributed by atoms with E-state index in [1.807, 2.05) is 43.3 Å². The summed E-state index contributed by atoms with van der Waals surface area (Å²) in [5, 5.41) is 5.82. The highest BCUT2D eigenvalue weighted by Gasteiger charge is 2.21. The lowest BCUT2D eigenvalue weighted by molar-refractivity contribution is -0.147. The third kappa shape index (κ3) is 5.28. The zero-order chi connectivity index (χ0) is 27.5. The van der Waals surface area contributed by atoms with Crippen molar-refractivity contribution in [3.05, 3.63) is 87.1 Å². The van der Waals surface area contributed by atoms with Gasteiger partial charge in [0, 0.05) is 5.39 Å². The van der Waals surface area contributed by atoms with Gasteiger partial charge in [0.05, 0.1) is 35.3 Å². The number of carbonyl (C=O) groups is 1. The number of carbonyl (C=O) groups excluding carboxylic acids is 1. The van der Waals surface area contributed by atoms with Crippen LogP contribution in [0.4, 0.5) is 0 Å². The summed E-state index contributed by atoms with van der Waals surface area (Å²) >= 11 is 3.50. The minimum absolute atomic E-state index is 0.266. The second-order valence-electron chi connectivity index (χ2n) is 8.51. The lowest BCUT2D eigenvalue weighted by Gasteiger charge is -2.17. The number of para-hydroxylation sites is 2. The van der Waals surface area contributed by atoms with Gasteiger partial charge in [-0.25, -0.2) is 9.78 Å². The Kier molecular flexibility index (Phi) is 7.47. The SMILES string of the molecule is CCOc1cc(C=Nn2c(-c3cc4ccccc4o3)nc3ccccc3c2=O)cc(Br)c1O[C@@H](C)C(=O)OC. The fraction of sp³-hybridized carbons (Fsp3) is 0.172. The zero-order valence-corrected chi connectivity index (χ0v) is 23.0. The Balaban J connectivity index is 1.61. The largest absolute Gasteiger partial charge is 0.490 e. The van der Waals surface area contributed by atoms with E-state index >= 15 is 0 Å². The van der Waals surface area contributed by atoms with Crippen molar-refractivity contribution >= 4 is 50.0 Å². The molecule has 5 aromatic rings. The predicted molar refractivity (Wildman–Crippen MR) is 152 cm³/mol. The van der Waals surface area contributed by atoms with Gasteiger partial charge in [-0.3, -0.25) is 4.79 Å². The number of furan rings is 1. The maximum Gasteiger partial charge on any atom is 0.346 e. The number of esters is 1. The van der Waals surface area contributed by atoms with E-state index in [4.69, 9.17) is 23.6 Å². The Morgan fingerprint density at radius 2 is 1.92 bits per heavy atom. The Bertz CT molecular complexity index is 1740. The molecule has 2 aromatic heterocycles. The van der Waals surface area contributed by atoms with Gasteiger partial charge in [0.25, 0.3) is 5.56 Å². The van der Waals surface area contributed by atoms with E-state index < -0.39 is 12.1 Å². The average Bonchev–Trinajstić information content (AvgIpc) is 3.38. The number of aromatic nitrogens is 2. The number of hydrogen-bond donors (Lipinski definition) is 0. The van der Waals surface area contributed by atoms with Gasteiger partial charge in [0.2, 0.25) is 5.82 Å². The van der Waals surface area contributed by atoms with Crippen LogP contribution in [0.5, 0.6) is 11.5 Å². The zero-order valence-electron chi connectivity index (χ0n) is 21.4. The third-order valence-corrected chi connectivity index (χ3v) is 6.47. The van der Waals surface area contributed by atoms with Gasteiger partial charge < -0.3 is 18.6 Å². The second kappa shape index (κ2) is 11.1. The molecule has 0 amide bonds. The number of benzene rings is 3. The number of methoxy groups -OCH3 is 1. The molecular weight excluding hydrogens is 566 g/mol. The topological polar surface area (TPSA) is 105 Å². The molecule has 3 aromatic carbocycles. The molecule has 2 heterocycles. The molecule has 0 spiro atoms. The molecule has 0 bridgehead atoms. The number of nitrogens with zero attached hydrogens (tertiary/aromatic N) is 3. The smallest absolute Gasteiger partial charge is 0.346 e. The van der Waals surface area contributed by atoms with Crippen molar-refractivity contribution in [3.63, 3.8) is 0 Å². The van der Waals surface area contributed by atoms with Crippen molar-refractivity contribution in [1.82, 2.24) is 9.66 Å². The Labute approximate surface area is 231 Å². The number of rotatable bonds is 8. The van der Waals surface area contributed by atoms with E-state index in [1.54, 1.807) is 37.3 Å². The summed E-state index contributed by atoms with van der Waals surface area (Å²) in [5.41, 5.74) is 1.47. The number of halogens is 1. The first kappa shape index (κ1) is 26.2. The van der Waals surface area contributed by atoms with Crippen LogP contribution >= 0.6 is 15.9 Å². The summed E-state index contributed by atoms with van der Waals surface area (Å²) in [6.45, 7) is 3.78. The number of hydrogen-bond acceptors (Lipinski definition) is 8. The molecule has 9 nitrogen and oxygen atoms in total. The van der Waals surface area contributed by atoms with Crippen LogP contribution in [0.3, 0.4) is 0 Å². The van der Waals surface area contributed by atoms with E-state index in [0.717, 1.165) is 5.39 Å². The molecular formula is C29H24BrN3O6. The first-order valence-electron chi connectivity index (χ1n) is 12.2. The maximum absolute atomic E-state index is 13.5. The monoisotopic (exact) mass is 589 g/mol. The summed E-state index contributed by atoms with van der Waals surface area (Å²) < 4.78 is 24.1. The molecule has 39 heavy (non-hydrogen) atoms. The number of fused-ring (bicyclic) bond motifs is 2. The molecule has 0 aliphatic heterocycles. The van der Waals surface area contributed by atoms with Crippen LogP contribution in [0, 0.1) is 0 Å². The van der Waals surface area contributed by atoms with Gasteiger partial charge in [-0.1, -0.05) is 30.3 Å². The Morgan fingerprint density at radius 3 is 2.69 bits per heavy atom. The van der Waals surface area contributed by atoms with Gasteiger partial charge in [-0.2, -0.15) is 9.78 Å².